The van der Waals surface area contributed by atoms with Crippen molar-refractivity contribution in [3.05, 3.63) is 77.8 Å². The molecule has 0 unspecified atom stereocenters. The number of ether oxygens (including phenoxy) is 1. The van der Waals surface area contributed by atoms with E-state index in [1.807, 2.05) is 72.6 Å². The second-order valence-electron chi connectivity index (χ2n) is 7.82. The molecule has 2 N–H and O–H groups in total. The molecule has 34 heavy (non-hydrogen) atoms. The predicted molar refractivity (Wildman–Crippen MR) is 139 cm³/mol. The summed E-state index contributed by atoms with van der Waals surface area (Å²) in [5, 5.41) is 10.8. The number of hydrogen-bond acceptors (Lipinski definition) is 8. The SMILES string of the molecule is CN(C)c1cccc(Nc2nc(NCCOc3ccccc3)c3ncn(-c4ccsc4)c3n2)c1. The highest BCUT2D eigenvalue weighted by molar-refractivity contribution is 7.08. The van der Waals surface area contributed by atoms with E-state index in [1.54, 1.807) is 17.7 Å². The van der Waals surface area contributed by atoms with Crippen molar-refractivity contribution in [1.29, 1.82) is 0 Å². The zero-order valence-corrected chi connectivity index (χ0v) is 19.8. The molecule has 0 spiro atoms. The highest BCUT2D eigenvalue weighted by atomic mass is 32.1. The molecule has 3 heterocycles. The van der Waals surface area contributed by atoms with Crippen molar-refractivity contribution < 1.29 is 4.74 Å². The monoisotopic (exact) mass is 471 g/mol. The molecule has 172 valence electrons. The Morgan fingerprint density at radius 1 is 1.03 bits per heavy atom. The van der Waals surface area contributed by atoms with Crippen molar-refractivity contribution in [1.82, 2.24) is 19.5 Å². The summed E-state index contributed by atoms with van der Waals surface area (Å²) in [7, 11) is 4.03. The molecule has 0 saturated carbocycles. The van der Waals surface area contributed by atoms with Gasteiger partial charge >= 0.3 is 0 Å². The number of rotatable bonds is 9. The molecule has 0 amide bonds. The molecule has 5 aromatic rings. The van der Waals surface area contributed by atoms with Crippen LogP contribution in [-0.2, 0) is 0 Å². The van der Waals surface area contributed by atoms with Gasteiger partial charge in [-0.1, -0.05) is 24.3 Å². The number of imidazole rings is 1. The summed E-state index contributed by atoms with van der Waals surface area (Å²) in [4.78, 5) is 16.2. The van der Waals surface area contributed by atoms with E-state index < -0.39 is 0 Å². The number of para-hydroxylation sites is 1. The molecule has 0 saturated heterocycles. The number of anilines is 4. The maximum absolute atomic E-state index is 5.81. The lowest BCUT2D eigenvalue weighted by Crippen LogP contribution is -2.14. The lowest BCUT2D eigenvalue weighted by atomic mass is 10.2. The minimum atomic E-state index is 0.492. The van der Waals surface area contributed by atoms with Gasteiger partial charge in [-0.25, -0.2) is 4.98 Å². The van der Waals surface area contributed by atoms with Gasteiger partial charge in [0, 0.05) is 30.9 Å². The van der Waals surface area contributed by atoms with E-state index in [0.29, 0.717) is 30.4 Å². The zero-order valence-electron chi connectivity index (χ0n) is 19.0. The maximum Gasteiger partial charge on any atom is 0.231 e. The molecule has 0 fully saturated rings. The van der Waals surface area contributed by atoms with Gasteiger partial charge < -0.3 is 20.3 Å². The Balaban J connectivity index is 1.43. The lowest BCUT2D eigenvalue weighted by Gasteiger charge is -2.14. The Morgan fingerprint density at radius 2 is 1.91 bits per heavy atom. The van der Waals surface area contributed by atoms with Gasteiger partial charge in [0.25, 0.3) is 0 Å². The normalized spacial score (nSPS) is 10.9. The van der Waals surface area contributed by atoms with Crippen molar-refractivity contribution in [2.75, 3.05) is 42.8 Å². The number of nitrogens with one attached hydrogen (secondary N) is 2. The van der Waals surface area contributed by atoms with Crippen LogP contribution < -0.4 is 20.3 Å². The molecule has 0 aliphatic rings. The van der Waals surface area contributed by atoms with Gasteiger partial charge in [0.15, 0.2) is 17.0 Å². The summed E-state index contributed by atoms with van der Waals surface area (Å²) in [6.45, 7) is 1.07. The first-order chi connectivity index (χ1) is 16.7. The molecule has 9 heteroatoms. The number of nitrogens with zero attached hydrogens (tertiary/aromatic N) is 5. The number of aromatic nitrogens is 4. The average molecular weight is 472 g/mol. The van der Waals surface area contributed by atoms with Crippen molar-refractivity contribution >= 4 is 45.6 Å². The van der Waals surface area contributed by atoms with Gasteiger partial charge in [-0.2, -0.15) is 21.3 Å². The van der Waals surface area contributed by atoms with Crippen molar-refractivity contribution in [2.45, 2.75) is 0 Å². The number of benzene rings is 2. The summed E-state index contributed by atoms with van der Waals surface area (Å²) >= 11 is 1.63. The highest BCUT2D eigenvalue weighted by Gasteiger charge is 2.15. The van der Waals surface area contributed by atoms with Gasteiger partial charge in [-0.15, -0.1) is 0 Å². The standard InChI is InChI=1S/C25H25N7OS/c1-31(2)19-8-6-7-18(15-19)28-25-29-23(26-12-13-33-21-9-4-3-5-10-21)22-24(30-25)32(17-27-22)20-11-14-34-16-20/h3-11,14-17H,12-13H2,1-2H3,(H2,26,28,29,30). The van der Waals surface area contributed by atoms with Crippen LogP contribution in [0, 0.1) is 0 Å². The molecule has 0 aliphatic carbocycles. The number of thiophene rings is 1. The molecule has 0 aliphatic heterocycles. The zero-order chi connectivity index (χ0) is 23.3. The smallest absolute Gasteiger partial charge is 0.231 e. The van der Waals surface area contributed by atoms with Crippen molar-refractivity contribution in [3.63, 3.8) is 0 Å². The summed E-state index contributed by atoms with van der Waals surface area (Å²) in [5.74, 6) is 1.98. The van der Waals surface area contributed by atoms with Crippen LogP contribution in [0.5, 0.6) is 5.75 Å². The van der Waals surface area contributed by atoms with Crippen LogP contribution in [0.1, 0.15) is 0 Å². The van der Waals surface area contributed by atoms with E-state index in [2.05, 4.69) is 38.0 Å². The Kier molecular flexibility index (Phi) is 6.26. The third-order valence-corrected chi connectivity index (χ3v) is 5.88. The second kappa shape index (κ2) is 9.80. The Bertz CT molecular complexity index is 1370. The van der Waals surface area contributed by atoms with Crippen LogP contribution in [0.15, 0.2) is 77.8 Å². The lowest BCUT2D eigenvalue weighted by molar-refractivity contribution is 0.333. The highest BCUT2D eigenvalue weighted by Crippen LogP contribution is 2.26. The topological polar surface area (TPSA) is 80.1 Å². The second-order valence-corrected chi connectivity index (χ2v) is 8.60. The first-order valence-corrected chi connectivity index (χ1v) is 11.9. The molecule has 3 aromatic heterocycles. The molecule has 5 rings (SSSR count). The Hall–Kier alpha value is -4.11. The van der Waals surface area contributed by atoms with Gasteiger partial charge in [-0.05, 0) is 41.8 Å². The number of fused-ring (bicyclic) bond motifs is 1. The van der Waals surface area contributed by atoms with Crippen molar-refractivity contribution in [3.8, 4) is 11.4 Å². The largest absolute Gasteiger partial charge is 0.492 e. The molecule has 2 aromatic carbocycles. The van der Waals surface area contributed by atoms with E-state index in [-0.39, 0.29) is 0 Å². The van der Waals surface area contributed by atoms with E-state index in [9.17, 15) is 0 Å². The quantitative estimate of drug-likeness (QED) is 0.287. The van der Waals surface area contributed by atoms with E-state index in [0.717, 1.165) is 28.5 Å². The molecule has 0 atom stereocenters. The molecular formula is C25H25N7OS. The van der Waals surface area contributed by atoms with Crippen LogP contribution in [0.25, 0.3) is 16.9 Å². The summed E-state index contributed by atoms with van der Waals surface area (Å²) in [5.41, 5.74) is 4.45. The van der Waals surface area contributed by atoms with E-state index >= 15 is 0 Å². The third kappa shape index (κ3) is 4.79. The van der Waals surface area contributed by atoms with Crippen LogP contribution in [0.4, 0.5) is 23.1 Å². The molecule has 0 bridgehead atoms. The fourth-order valence-corrected chi connectivity index (χ4v) is 4.14. The van der Waals surface area contributed by atoms with E-state index in [4.69, 9.17) is 14.7 Å². The Labute approximate surface area is 201 Å². The predicted octanol–water partition coefficient (Wildman–Crippen LogP) is 5.18. The average Bonchev–Trinajstić information content (AvgIpc) is 3.52. The summed E-state index contributed by atoms with van der Waals surface area (Å²) in [6, 6.07) is 19.9. The minimum absolute atomic E-state index is 0.492. The third-order valence-electron chi connectivity index (χ3n) is 5.21. The first-order valence-electron chi connectivity index (χ1n) is 10.9. The summed E-state index contributed by atoms with van der Waals surface area (Å²) < 4.78 is 7.79. The van der Waals surface area contributed by atoms with Crippen LogP contribution in [0.3, 0.4) is 0 Å². The molecule has 8 nitrogen and oxygen atoms in total. The van der Waals surface area contributed by atoms with Gasteiger partial charge in [0.1, 0.15) is 18.7 Å². The fourth-order valence-electron chi connectivity index (χ4n) is 3.51. The molecular weight excluding hydrogens is 446 g/mol. The van der Waals surface area contributed by atoms with Crippen LogP contribution in [0.2, 0.25) is 0 Å². The molecule has 0 radical (unpaired) electrons. The Morgan fingerprint density at radius 3 is 2.71 bits per heavy atom. The van der Waals surface area contributed by atoms with Crippen LogP contribution in [-0.4, -0.2) is 46.8 Å². The first kappa shape index (κ1) is 21.7. The maximum atomic E-state index is 5.81. The van der Waals surface area contributed by atoms with Gasteiger partial charge in [0.2, 0.25) is 5.95 Å². The minimum Gasteiger partial charge on any atom is -0.492 e. The van der Waals surface area contributed by atoms with Crippen molar-refractivity contribution in [2.24, 2.45) is 0 Å². The van der Waals surface area contributed by atoms with E-state index in [1.165, 1.54) is 0 Å². The van der Waals surface area contributed by atoms with Gasteiger partial charge in [-0.3, -0.25) is 4.57 Å². The van der Waals surface area contributed by atoms with Crippen LogP contribution >= 0.6 is 11.3 Å². The summed E-state index contributed by atoms with van der Waals surface area (Å²) in [6.07, 6.45) is 1.78. The number of hydrogen-bond donors (Lipinski definition) is 2. The van der Waals surface area contributed by atoms with Gasteiger partial charge in [0.05, 0.1) is 12.2 Å². The fraction of sp³-hybridized carbons (Fsp3) is 0.160.